The lowest BCUT2D eigenvalue weighted by atomic mass is 10.1. The van der Waals surface area contributed by atoms with Gasteiger partial charge in [-0.2, -0.15) is 0 Å². The first kappa shape index (κ1) is 21.2. The third-order valence-electron chi connectivity index (χ3n) is 3.83. The van der Waals surface area contributed by atoms with Gasteiger partial charge in [-0.15, -0.1) is 0 Å². The highest BCUT2D eigenvalue weighted by Gasteiger charge is 2.35. The molecule has 0 bridgehead atoms. The third-order valence-corrected chi connectivity index (χ3v) is 3.83. The first-order chi connectivity index (χ1) is 12.2. The molecule has 0 saturated carbocycles. The molecule has 0 unspecified atom stereocenters. The van der Waals surface area contributed by atoms with Gasteiger partial charge in [0.1, 0.15) is 0 Å². The molecule has 25 heavy (non-hydrogen) atoms. The minimum absolute atomic E-state index is 0.207. The summed E-state index contributed by atoms with van der Waals surface area (Å²) in [6.45, 7) is 2.15. The van der Waals surface area contributed by atoms with E-state index in [9.17, 15) is 4.79 Å². The van der Waals surface area contributed by atoms with Crippen LogP contribution >= 0.6 is 0 Å². The van der Waals surface area contributed by atoms with E-state index in [1.54, 1.807) is 0 Å². The Labute approximate surface area is 152 Å². The van der Waals surface area contributed by atoms with Gasteiger partial charge in [0.05, 0.1) is 12.2 Å². The Balaban J connectivity index is 1.96. The van der Waals surface area contributed by atoms with Gasteiger partial charge in [-0.3, -0.25) is 4.79 Å². The van der Waals surface area contributed by atoms with Crippen LogP contribution in [-0.4, -0.2) is 23.3 Å². The van der Waals surface area contributed by atoms with E-state index in [-0.39, 0.29) is 6.42 Å². The van der Waals surface area contributed by atoms with Gasteiger partial charge in [0.25, 0.3) is 0 Å². The highest BCUT2D eigenvalue weighted by molar-refractivity contribution is 5.66. The Morgan fingerprint density at radius 1 is 0.800 bits per heavy atom. The van der Waals surface area contributed by atoms with Crippen LogP contribution in [0.2, 0.25) is 0 Å². The number of carbonyl (C=O) groups is 1. The number of hydrogen-bond donors (Lipinski definition) is 1. The lowest BCUT2D eigenvalue weighted by Gasteiger charge is -1.88. The van der Waals surface area contributed by atoms with Crippen LogP contribution in [0.25, 0.3) is 0 Å². The normalized spacial score (nSPS) is 20.8. The van der Waals surface area contributed by atoms with E-state index >= 15 is 0 Å². The molecular formula is C22H32O3. The molecule has 0 spiro atoms. The van der Waals surface area contributed by atoms with E-state index < -0.39 is 5.97 Å². The molecule has 1 heterocycles. The Hall–Kier alpha value is -1.87. The molecule has 0 aromatic rings. The van der Waals surface area contributed by atoms with Crippen LogP contribution in [0.3, 0.4) is 0 Å². The summed E-state index contributed by atoms with van der Waals surface area (Å²) in [4.78, 5) is 10.3. The SMILES string of the molecule is CC/C=C\C/C=C\C[C@H]1O[C@H]1C/C=C\C/C=C\C/C=C\CCC(=O)O. The lowest BCUT2D eigenvalue weighted by Crippen LogP contribution is -1.91. The summed E-state index contributed by atoms with van der Waals surface area (Å²) in [6.07, 6.45) is 28.9. The van der Waals surface area contributed by atoms with Gasteiger partial charge in [0, 0.05) is 6.42 Å². The molecule has 1 N–H and O–H groups in total. The van der Waals surface area contributed by atoms with Gasteiger partial charge in [-0.05, 0) is 44.9 Å². The van der Waals surface area contributed by atoms with Crippen molar-refractivity contribution in [2.24, 2.45) is 0 Å². The van der Waals surface area contributed by atoms with Crippen LogP contribution in [-0.2, 0) is 9.53 Å². The maximum absolute atomic E-state index is 10.3. The summed E-state index contributed by atoms with van der Waals surface area (Å²) in [6, 6.07) is 0. The van der Waals surface area contributed by atoms with E-state index in [1.165, 1.54) is 0 Å². The number of allylic oxidation sites excluding steroid dienone is 8. The molecule has 1 rings (SSSR count). The Morgan fingerprint density at radius 2 is 1.28 bits per heavy atom. The second-order valence-corrected chi connectivity index (χ2v) is 6.09. The molecule has 1 aliphatic rings. The van der Waals surface area contributed by atoms with Crippen molar-refractivity contribution in [2.75, 3.05) is 0 Å². The van der Waals surface area contributed by atoms with E-state index in [1.807, 2.05) is 12.2 Å². The number of aliphatic carboxylic acids is 1. The largest absolute Gasteiger partial charge is 0.481 e. The second-order valence-electron chi connectivity index (χ2n) is 6.09. The first-order valence-corrected chi connectivity index (χ1v) is 9.36. The fourth-order valence-electron chi connectivity index (χ4n) is 2.36. The van der Waals surface area contributed by atoms with Crippen molar-refractivity contribution in [3.8, 4) is 0 Å². The van der Waals surface area contributed by atoms with Crippen molar-refractivity contribution in [2.45, 2.75) is 70.5 Å². The van der Waals surface area contributed by atoms with Gasteiger partial charge in [0.2, 0.25) is 0 Å². The van der Waals surface area contributed by atoms with E-state index in [0.717, 1.165) is 38.5 Å². The molecule has 138 valence electrons. The predicted molar refractivity (Wildman–Crippen MR) is 105 cm³/mol. The molecule has 2 atom stereocenters. The number of rotatable bonds is 14. The Morgan fingerprint density at radius 3 is 1.80 bits per heavy atom. The lowest BCUT2D eigenvalue weighted by molar-refractivity contribution is -0.136. The van der Waals surface area contributed by atoms with Crippen molar-refractivity contribution >= 4 is 5.97 Å². The van der Waals surface area contributed by atoms with E-state index in [4.69, 9.17) is 9.84 Å². The van der Waals surface area contributed by atoms with Gasteiger partial charge >= 0.3 is 5.97 Å². The van der Waals surface area contributed by atoms with Crippen molar-refractivity contribution in [3.05, 3.63) is 60.8 Å². The van der Waals surface area contributed by atoms with Crippen LogP contribution in [0.4, 0.5) is 0 Å². The van der Waals surface area contributed by atoms with Gasteiger partial charge in [0.15, 0.2) is 0 Å². The molecule has 0 aromatic carbocycles. The molecule has 1 saturated heterocycles. The van der Waals surface area contributed by atoms with Crippen LogP contribution in [0.1, 0.15) is 58.3 Å². The van der Waals surface area contributed by atoms with Crippen molar-refractivity contribution in [3.63, 3.8) is 0 Å². The maximum Gasteiger partial charge on any atom is 0.303 e. The average molecular weight is 344 g/mol. The zero-order valence-electron chi connectivity index (χ0n) is 15.3. The van der Waals surface area contributed by atoms with Gasteiger partial charge < -0.3 is 9.84 Å². The zero-order valence-corrected chi connectivity index (χ0v) is 15.3. The molecule has 0 aromatic heterocycles. The fraction of sp³-hybridized carbons (Fsp3) is 0.500. The summed E-state index contributed by atoms with van der Waals surface area (Å²) < 4.78 is 5.65. The van der Waals surface area contributed by atoms with Crippen LogP contribution in [0, 0.1) is 0 Å². The minimum atomic E-state index is -0.743. The Kier molecular flexibility index (Phi) is 12.3. The summed E-state index contributed by atoms with van der Waals surface area (Å²) in [5.74, 6) is -0.743. The Bertz CT molecular complexity index is 497. The van der Waals surface area contributed by atoms with Gasteiger partial charge in [-0.25, -0.2) is 0 Å². The number of carboxylic acids is 1. The zero-order chi connectivity index (χ0) is 18.2. The fourth-order valence-corrected chi connectivity index (χ4v) is 2.36. The van der Waals surface area contributed by atoms with E-state index in [2.05, 4.69) is 55.5 Å². The summed E-state index contributed by atoms with van der Waals surface area (Å²) in [5, 5.41) is 8.51. The average Bonchev–Trinajstić information content (AvgIpc) is 3.34. The number of ether oxygens (including phenoxy) is 1. The molecule has 0 amide bonds. The molecule has 0 aliphatic carbocycles. The minimum Gasteiger partial charge on any atom is -0.481 e. The molecular weight excluding hydrogens is 312 g/mol. The maximum atomic E-state index is 10.3. The molecule has 1 fully saturated rings. The van der Waals surface area contributed by atoms with Crippen molar-refractivity contribution in [1.29, 1.82) is 0 Å². The van der Waals surface area contributed by atoms with Crippen LogP contribution in [0.5, 0.6) is 0 Å². The molecule has 0 radical (unpaired) electrons. The molecule has 3 heteroatoms. The number of carboxylic acid groups (broad SMARTS) is 1. The number of epoxide rings is 1. The highest BCUT2D eigenvalue weighted by Crippen LogP contribution is 2.29. The summed E-state index contributed by atoms with van der Waals surface area (Å²) in [5.41, 5.74) is 0. The smallest absolute Gasteiger partial charge is 0.303 e. The second kappa shape index (κ2) is 14.5. The monoisotopic (exact) mass is 344 g/mol. The predicted octanol–water partition coefficient (Wildman–Crippen LogP) is 5.76. The summed E-state index contributed by atoms with van der Waals surface area (Å²) in [7, 11) is 0. The summed E-state index contributed by atoms with van der Waals surface area (Å²) >= 11 is 0. The quantitative estimate of drug-likeness (QED) is 0.322. The number of hydrogen-bond acceptors (Lipinski definition) is 2. The first-order valence-electron chi connectivity index (χ1n) is 9.36. The topological polar surface area (TPSA) is 49.8 Å². The van der Waals surface area contributed by atoms with Crippen LogP contribution in [0.15, 0.2) is 60.8 Å². The molecule has 1 aliphatic heterocycles. The van der Waals surface area contributed by atoms with E-state index in [0.29, 0.717) is 18.6 Å². The molecule has 3 nitrogen and oxygen atoms in total. The van der Waals surface area contributed by atoms with Crippen LogP contribution < -0.4 is 0 Å². The highest BCUT2D eigenvalue weighted by atomic mass is 16.6. The van der Waals surface area contributed by atoms with Crippen molar-refractivity contribution in [1.82, 2.24) is 0 Å². The third kappa shape index (κ3) is 13.1. The van der Waals surface area contributed by atoms with Crippen molar-refractivity contribution < 1.29 is 14.6 Å². The van der Waals surface area contributed by atoms with Gasteiger partial charge in [-0.1, -0.05) is 67.7 Å². The standard InChI is InChI=1S/C22H32O3/c1-2-3-4-5-11-14-17-20-21(25-20)18-15-12-9-7-6-8-10-13-16-19-22(23)24/h3-4,6-7,10-15,20-21H,2,5,8-9,16-19H2,1H3,(H,23,24)/b4-3-,7-6-,13-10-,14-11-,15-12-/t20-,21+/m1/s1.